The first kappa shape index (κ1) is 15.6. The van der Waals surface area contributed by atoms with Crippen molar-refractivity contribution in [3.63, 3.8) is 0 Å². The second-order valence-corrected chi connectivity index (χ2v) is 6.50. The Balaban J connectivity index is 2.05. The van der Waals surface area contributed by atoms with Crippen LogP contribution < -0.4 is 10.2 Å². The average molecular weight is 297 g/mol. The topological polar surface area (TPSA) is 35.5 Å². The molecular weight excluding hydrogens is 272 g/mol. The molecule has 2 unspecified atom stereocenters. The van der Waals surface area contributed by atoms with Gasteiger partial charge in [-0.15, -0.1) is 0 Å². The van der Waals surface area contributed by atoms with Gasteiger partial charge in [0, 0.05) is 36.4 Å². The normalized spacial score (nSPS) is 23.4. The number of β-amino-alcohol motifs (C(OH)–C–C–N with tert-alkyl or cyclic N) is 1. The Morgan fingerprint density at radius 1 is 1.45 bits per heavy atom. The predicted octanol–water partition coefficient (Wildman–Crippen LogP) is 3.05. The van der Waals surface area contributed by atoms with Crippen LogP contribution >= 0.6 is 11.6 Å². The Labute approximate surface area is 126 Å². The van der Waals surface area contributed by atoms with E-state index >= 15 is 0 Å². The number of nitrogens with one attached hydrogen (secondary N) is 1. The third kappa shape index (κ3) is 3.87. The number of rotatable bonds is 4. The molecule has 3 nitrogen and oxygen atoms in total. The van der Waals surface area contributed by atoms with Crippen molar-refractivity contribution in [3.05, 3.63) is 28.8 Å². The smallest absolute Gasteiger partial charge is 0.0741 e. The van der Waals surface area contributed by atoms with Gasteiger partial charge in [-0.2, -0.15) is 0 Å². The molecule has 0 spiro atoms. The lowest BCUT2D eigenvalue weighted by atomic mass is 9.95. The maximum absolute atomic E-state index is 9.99. The molecule has 1 aliphatic heterocycles. The molecule has 0 saturated carbocycles. The Morgan fingerprint density at radius 2 is 2.20 bits per heavy atom. The number of anilines is 1. The van der Waals surface area contributed by atoms with Crippen molar-refractivity contribution in [2.75, 3.05) is 18.0 Å². The summed E-state index contributed by atoms with van der Waals surface area (Å²) in [5.41, 5.74) is 2.23. The Bertz CT molecular complexity index is 450. The number of aliphatic hydroxyl groups is 1. The fourth-order valence-corrected chi connectivity index (χ4v) is 2.72. The van der Waals surface area contributed by atoms with Gasteiger partial charge in [-0.3, -0.25) is 0 Å². The molecular formula is C16H25ClN2O. The van der Waals surface area contributed by atoms with Crippen molar-refractivity contribution < 1.29 is 5.11 Å². The van der Waals surface area contributed by atoms with Crippen LogP contribution in [0.15, 0.2) is 18.2 Å². The maximum atomic E-state index is 9.99. The van der Waals surface area contributed by atoms with Gasteiger partial charge in [-0.25, -0.2) is 0 Å². The average Bonchev–Trinajstić information content (AvgIpc) is 2.40. The van der Waals surface area contributed by atoms with Crippen LogP contribution in [-0.2, 0) is 6.54 Å². The van der Waals surface area contributed by atoms with E-state index in [1.54, 1.807) is 0 Å². The molecule has 1 fully saturated rings. The van der Waals surface area contributed by atoms with Gasteiger partial charge in [0.05, 0.1) is 6.10 Å². The van der Waals surface area contributed by atoms with Crippen molar-refractivity contribution in [2.24, 2.45) is 5.92 Å². The van der Waals surface area contributed by atoms with Gasteiger partial charge in [0.25, 0.3) is 0 Å². The van der Waals surface area contributed by atoms with Crippen LogP contribution in [-0.4, -0.2) is 30.3 Å². The monoisotopic (exact) mass is 296 g/mol. The Hall–Kier alpha value is -0.770. The van der Waals surface area contributed by atoms with Crippen LogP contribution in [0.2, 0.25) is 5.02 Å². The summed E-state index contributed by atoms with van der Waals surface area (Å²) in [7, 11) is 0. The molecule has 1 aromatic rings. The Kier molecular flexibility index (Phi) is 5.30. The SMILES string of the molecule is CC(C)NCc1ccc(N2CCC(C)C(O)C2)cc1Cl. The maximum Gasteiger partial charge on any atom is 0.0741 e. The highest BCUT2D eigenvalue weighted by atomic mass is 35.5. The molecule has 1 aliphatic rings. The number of hydrogen-bond acceptors (Lipinski definition) is 3. The van der Waals surface area contributed by atoms with E-state index in [0.717, 1.165) is 35.8 Å². The second kappa shape index (κ2) is 6.79. The minimum absolute atomic E-state index is 0.246. The number of aliphatic hydroxyl groups excluding tert-OH is 1. The number of benzene rings is 1. The summed E-state index contributed by atoms with van der Waals surface area (Å²) < 4.78 is 0. The van der Waals surface area contributed by atoms with Gasteiger partial charge in [0.15, 0.2) is 0 Å². The summed E-state index contributed by atoms with van der Waals surface area (Å²) >= 11 is 6.37. The largest absolute Gasteiger partial charge is 0.391 e. The lowest BCUT2D eigenvalue weighted by Crippen LogP contribution is -2.42. The fraction of sp³-hybridized carbons (Fsp3) is 0.625. The standard InChI is InChI=1S/C16H25ClN2O/c1-11(2)18-9-13-4-5-14(8-15(13)17)19-7-6-12(3)16(20)10-19/h4-5,8,11-12,16,18,20H,6-7,9-10H2,1-3H3. The van der Waals surface area contributed by atoms with E-state index in [9.17, 15) is 5.11 Å². The van der Waals surface area contributed by atoms with E-state index in [1.165, 1.54) is 0 Å². The number of nitrogens with zero attached hydrogens (tertiary/aromatic N) is 1. The van der Waals surface area contributed by atoms with E-state index in [2.05, 4.69) is 43.1 Å². The second-order valence-electron chi connectivity index (χ2n) is 6.09. The molecule has 0 aromatic heterocycles. The molecule has 0 bridgehead atoms. The van der Waals surface area contributed by atoms with Gasteiger partial charge in [-0.05, 0) is 30.0 Å². The molecule has 4 heteroatoms. The van der Waals surface area contributed by atoms with E-state index in [0.29, 0.717) is 18.5 Å². The lowest BCUT2D eigenvalue weighted by molar-refractivity contribution is 0.103. The van der Waals surface area contributed by atoms with Crippen LogP contribution in [0, 0.1) is 5.92 Å². The van der Waals surface area contributed by atoms with Gasteiger partial charge >= 0.3 is 0 Å². The first-order chi connectivity index (χ1) is 9.47. The predicted molar refractivity (Wildman–Crippen MR) is 85.4 cm³/mol. The summed E-state index contributed by atoms with van der Waals surface area (Å²) in [4.78, 5) is 2.22. The quantitative estimate of drug-likeness (QED) is 0.896. The van der Waals surface area contributed by atoms with Crippen molar-refractivity contribution in [3.8, 4) is 0 Å². The summed E-state index contributed by atoms with van der Waals surface area (Å²) in [6, 6.07) is 6.65. The summed E-state index contributed by atoms with van der Waals surface area (Å²) in [5, 5.41) is 14.2. The number of piperidine rings is 1. The van der Waals surface area contributed by atoms with Crippen LogP contribution in [0.4, 0.5) is 5.69 Å². The fourth-order valence-electron chi connectivity index (χ4n) is 2.47. The molecule has 0 aliphatic carbocycles. The molecule has 1 heterocycles. The van der Waals surface area contributed by atoms with Crippen LogP contribution in [0.25, 0.3) is 0 Å². The summed E-state index contributed by atoms with van der Waals surface area (Å²) in [6.45, 7) is 8.82. The zero-order valence-electron chi connectivity index (χ0n) is 12.6. The van der Waals surface area contributed by atoms with Crippen LogP contribution in [0.1, 0.15) is 32.8 Å². The van der Waals surface area contributed by atoms with E-state index in [1.807, 2.05) is 6.07 Å². The zero-order valence-corrected chi connectivity index (χ0v) is 13.3. The molecule has 20 heavy (non-hydrogen) atoms. The van der Waals surface area contributed by atoms with Crippen molar-refractivity contribution in [1.82, 2.24) is 5.32 Å². The van der Waals surface area contributed by atoms with E-state index in [-0.39, 0.29) is 6.10 Å². The number of hydrogen-bond donors (Lipinski definition) is 2. The summed E-state index contributed by atoms with van der Waals surface area (Å²) in [6.07, 6.45) is 0.778. The van der Waals surface area contributed by atoms with Gasteiger partial charge < -0.3 is 15.3 Å². The highest BCUT2D eigenvalue weighted by Crippen LogP contribution is 2.27. The number of halogens is 1. The van der Waals surface area contributed by atoms with E-state index < -0.39 is 0 Å². The van der Waals surface area contributed by atoms with Crippen LogP contribution in [0.3, 0.4) is 0 Å². The lowest BCUT2D eigenvalue weighted by Gasteiger charge is -2.36. The highest BCUT2D eigenvalue weighted by Gasteiger charge is 2.24. The minimum Gasteiger partial charge on any atom is -0.391 e. The molecule has 0 radical (unpaired) electrons. The third-order valence-electron chi connectivity index (χ3n) is 4.02. The van der Waals surface area contributed by atoms with Crippen molar-refractivity contribution in [2.45, 2.75) is 45.9 Å². The minimum atomic E-state index is -0.246. The molecule has 2 N–H and O–H groups in total. The van der Waals surface area contributed by atoms with Gasteiger partial charge in [0.1, 0.15) is 0 Å². The molecule has 2 rings (SSSR count). The third-order valence-corrected chi connectivity index (χ3v) is 4.37. The van der Waals surface area contributed by atoms with Crippen molar-refractivity contribution in [1.29, 1.82) is 0 Å². The Morgan fingerprint density at radius 3 is 2.80 bits per heavy atom. The first-order valence-electron chi connectivity index (χ1n) is 7.42. The van der Waals surface area contributed by atoms with Gasteiger partial charge in [0.2, 0.25) is 0 Å². The summed E-state index contributed by atoms with van der Waals surface area (Å²) in [5.74, 6) is 0.385. The zero-order chi connectivity index (χ0) is 14.7. The molecule has 112 valence electrons. The van der Waals surface area contributed by atoms with Crippen molar-refractivity contribution >= 4 is 17.3 Å². The van der Waals surface area contributed by atoms with Gasteiger partial charge in [-0.1, -0.05) is 38.4 Å². The highest BCUT2D eigenvalue weighted by molar-refractivity contribution is 6.31. The molecule has 2 atom stereocenters. The molecule has 1 saturated heterocycles. The molecule has 1 aromatic carbocycles. The molecule has 0 amide bonds. The first-order valence-corrected chi connectivity index (χ1v) is 7.80. The van der Waals surface area contributed by atoms with Crippen LogP contribution in [0.5, 0.6) is 0 Å². The van der Waals surface area contributed by atoms with E-state index in [4.69, 9.17) is 11.6 Å².